The molecular weight excluding hydrogens is 209 g/mol. The van der Waals surface area contributed by atoms with Crippen LogP contribution in [0.3, 0.4) is 0 Å². The van der Waals surface area contributed by atoms with E-state index < -0.39 is 5.54 Å². The summed E-state index contributed by atoms with van der Waals surface area (Å²) in [5, 5.41) is 1.07. The van der Waals surface area contributed by atoms with Crippen LogP contribution in [-0.4, -0.2) is 13.2 Å². The molecule has 1 saturated heterocycles. The van der Waals surface area contributed by atoms with Crippen LogP contribution >= 0.6 is 23.2 Å². The molecule has 0 unspecified atom stereocenters. The Morgan fingerprint density at radius 2 is 2.00 bits per heavy atom. The lowest BCUT2D eigenvalue weighted by molar-refractivity contribution is -0.0568. The van der Waals surface area contributed by atoms with Crippen LogP contribution in [0.1, 0.15) is 5.56 Å². The average molecular weight is 218 g/mol. The zero-order valence-electron chi connectivity index (χ0n) is 6.89. The Kier molecular flexibility index (Phi) is 2.24. The fourth-order valence-electron chi connectivity index (χ4n) is 1.37. The first-order chi connectivity index (χ1) is 6.13. The highest BCUT2D eigenvalue weighted by Gasteiger charge is 2.37. The Morgan fingerprint density at radius 1 is 1.31 bits per heavy atom. The van der Waals surface area contributed by atoms with E-state index in [-0.39, 0.29) is 0 Å². The van der Waals surface area contributed by atoms with E-state index in [2.05, 4.69) is 0 Å². The number of rotatable bonds is 1. The third-order valence-corrected chi connectivity index (χ3v) is 3.03. The van der Waals surface area contributed by atoms with Crippen LogP contribution in [0.4, 0.5) is 0 Å². The van der Waals surface area contributed by atoms with Gasteiger partial charge in [-0.3, -0.25) is 0 Å². The Balaban J connectivity index is 2.45. The van der Waals surface area contributed by atoms with Crippen molar-refractivity contribution >= 4 is 23.2 Å². The largest absolute Gasteiger partial charge is 0.377 e. The predicted octanol–water partition coefficient (Wildman–Crippen LogP) is 2.18. The summed E-state index contributed by atoms with van der Waals surface area (Å²) in [6.07, 6.45) is 0. The lowest BCUT2D eigenvalue weighted by Gasteiger charge is -2.38. The fraction of sp³-hybridized carbons (Fsp3) is 0.333. The molecule has 0 amide bonds. The first-order valence-electron chi connectivity index (χ1n) is 3.95. The molecule has 2 nitrogen and oxygen atoms in total. The van der Waals surface area contributed by atoms with Crippen LogP contribution in [0.2, 0.25) is 10.0 Å². The van der Waals surface area contributed by atoms with Gasteiger partial charge in [-0.1, -0.05) is 35.3 Å². The summed E-state index contributed by atoms with van der Waals surface area (Å²) in [4.78, 5) is 0. The van der Waals surface area contributed by atoms with Crippen LogP contribution in [0.5, 0.6) is 0 Å². The van der Waals surface area contributed by atoms with Gasteiger partial charge in [-0.25, -0.2) is 0 Å². The standard InChI is InChI=1S/C9H9Cl2NO/c10-7-3-1-2-6(8(7)11)9(12)4-13-5-9/h1-3H,4-5,12H2. The molecule has 1 aliphatic rings. The second kappa shape index (κ2) is 3.14. The smallest absolute Gasteiger partial charge is 0.0898 e. The topological polar surface area (TPSA) is 35.2 Å². The normalized spacial score (nSPS) is 19.6. The molecule has 1 aromatic carbocycles. The third-order valence-electron chi connectivity index (χ3n) is 2.21. The van der Waals surface area contributed by atoms with Crippen molar-refractivity contribution in [2.75, 3.05) is 13.2 Å². The number of ether oxygens (including phenoxy) is 1. The summed E-state index contributed by atoms with van der Waals surface area (Å²) >= 11 is 11.9. The number of nitrogens with two attached hydrogens (primary N) is 1. The van der Waals surface area contributed by atoms with E-state index in [4.69, 9.17) is 33.7 Å². The van der Waals surface area contributed by atoms with Gasteiger partial charge in [0.2, 0.25) is 0 Å². The molecule has 0 bridgehead atoms. The van der Waals surface area contributed by atoms with Crippen LogP contribution in [0, 0.1) is 0 Å². The average Bonchev–Trinajstić information content (AvgIpc) is 2.06. The summed E-state index contributed by atoms with van der Waals surface area (Å²) in [6, 6.07) is 5.48. The maximum Gasteiger partial charge on any atom is 0.0898 e. The highest BCUT2D eigenvalue weighted by molar-refractivity contribution is 6.42. The van der Waals surface area contributed by atoms with E-state index in [1.54, 1.807) is 6.07 Å². The van der Waals surface area contributed by atoms with Crippen LogP contribution in [-0.2, 0) is 10.3 Å². The molecule has 0 atom stereocenters. The van der Waals surface area contributed by atoms with Crippen molar-refractivity contribution < 1.29 is 4.74 Å². The fourth-order valence-corrected chi connectivity index (χ4v) is 1.85. The zero-order chi connectivity index (χ0) is 9.47. The molecule has 4 heteroatoms. The Bertz CT molecular complexity index is 336. The molecule has 0 saturated carbocycles. The van der Waals surface area contributed by atoms with E-state index in [9.17, 15) is 0 Å². The summed E-state index contributed by atoms with van der Waals surface area (Å²) in [6.45, 7) is 1.01. The molecule has 2 rings (SSSR count). The molecule has 0 radical (unpaired) electrons. The Labute approximate surface area is 86.6 Å². The molecule has 13 heavy (non-hydrogen) atoms. The van der Waals surface area contributed by atoms with Crippen molar-refractivity contribution in [3.05, 3.63) is 33.8 Å². The highest BCUT2D eigenvalue weighted by atomic mass is 35.5. The van der Waals surface area contributed by atoms with E-state index in [1.807, 2.05) is 12.1 Å². The van der Waals surface area contributed by atoms with Crippen molar-refractivity contribution in [2.45, 2.75) is 5.54 Å². The third kappa shape index (κ3) is 1.44. The quantitative estimate of drug-likeness (QED) is 0.783. The summed E-state index contributed by atoms with van der Waals surface area (Å²) in [5.74, 6) is 0. The lowest BCUT2D eigenvalue weighted by Crippen LogP contribution is -2.54. The lowest BCUT2D eigenvalue weighted by atomic mass is 9.89. The van der Waals surface area contributed by atoms with Gasteiger partial charge in [-0.15, -0.1) is 0 Å². The number of hydrogen-bond acceptors (Lipinski definition) is 2. The molecule has 2 N–H and O–H groups in total. The van der Waals surface area contributed by atoms with Crippen molar-refractivity contribution in [1.82, 2.24) is 0 Å². The molecule has 1 heterocycles. The SMILES string of the molecule is NC1(c2cccc(Cl)c2Cl)COC1. The van der Waals surface area contributed by atoms with Crippen molar-refractivity contribution in [3.63, 3.8) is 0 Å². The number of benzene rings is 1. The van der Waals surface area contributed by atoms with Crippen LogP contribution < -0.4 is 5.73 Å². The maximum absolute atomic E-state index is 6.03. The van der Waals surface area contributed by atoms with Crippen molar-refractivity contribution in [3.8, 4) is 0 Å². The van der Waals surface area contributed by atoms with Gasteiger partial charge in [0.15, 0.2) is 0 Å². The molecule has 1 aliphatic heterocycles. The minimum absolute atomic E-state index is 0.442. The van der Waals surface area contributed by atoms with Gasteiger partial charge in [0.25, 0.3) is 0 Å². The molecule has 0 spiro atoms. The Morgan fingerprint density at radius 3 is 2.54 bits per heavy atom. The number of halogens is 2. The molecule has 1 aromatic rings. The molecule has 0 aromatic heterocycles. The summed E-state index contributed by atoms with van der Waals surface area (Å²) in [5.41, 5.74) is 6.45. The second-order valence-electron chi connectivity index (χ2n) is 3.25. The van der Waals surface area contributed by atoms with E-state index in [0.29, 0.717) is 23.3 Å². The first kappa shape index (κ1) is 9.28. The van der Waals surface area contributed by atoms with Gasteiger partial charge in [-0.2, -0.15) is 0 Å². The van der Waals surface area contributed by atoms with Crippen molar-refractivity contribution in [1.29, 1.82) is 0 Å². The minimum atomic E-state index is -0.442. The predicted molar refractivity (Wildman–Crippen MR) is 53.1 cm³/mol. The highest BCUT2D eigenvalue weighted by Crippen LogP contribution is 2.35. The van der Waals surface area contributed by atoms with Gasteiger partial charge in [-0.05, 0) is 11.6 Å². The zero-order valence-corrected chi connectivity index (χ0v) is 8.40. The van der Waals surface area contributed by atoms with Gasteiger partial charge < -0.3 is 10.5 Å². The molecule has 1 fully saturated rings. The first-order valence-corrected chi connectivity index (χ1v) is 4.70. The second-order valence-corrected chi connectivity index (χ2v) is 4.04. The Hall–Kier alpha value is -0.280. The van der Waals surface area contributed by atoms with E-state index in [0.717, 1.165) is 5.56 Å². The van der Waals surface area contributed by atoms with Gasteiger partial charge in [0.1, 0.15) is 0 Å². The molecular formula is C9H9Cl2NO. The maximum atomic E-state index is 6.03. The van der Waals surface area contributed by atoms with Crippen molar-refractivity contribution in [2.24, 2.45) is 5.73 Å². The van der Waals surface area contributed by atoms with Crippen LogP contribution in [0.15, 0.2) is 18.2 Å². The van der Waals surface area contributed by atoms with Gasteiger partial charge in [0.05, 0.1) is 28.8 Å². The molecule has 70 valence electrons. The van der Waals surface area contributed by atoms with Crippen LogP contribution in [0.25, 0.3) is 0 Å². The van der Waals surface area contributed by atoms with Gasteiger partial charge >= 0.3 is 0 Å². The monoisotopic (exact) mass is 217 g/mol. The summed E-state index contributed by atoms with van der Waals surface area (Å²) in [7, 11) is 0. The van der Waals surface area contributed by atoms with E-state index in [1.165, 1.54) is 0 Å². The molecule has 0 aliphatic carbocycles. The van der Waals surface area contributed by atoms with Gasteiger partial charge in [0, 0.05) is 0 Å². The summed E-state index contributed by atoms with van der Waals surface area (Å²) < 4.78 is 5.06. The number of hydrogen-bond donors (Lipinski definition) is 1. The van der Waals surface area contributed by atoms with E-state index >= 15 is 0 Å². The minimum Gasteiger partial charge on any atom is -0.377 e.